The molecule has 0 aromatic heterocycles. The molecule has 3 nitrogen and oxygen atoms in total. The van der Waals surface area contributed by atoms with Gasteiger partial charge in [-0.05, 0) is 58.5 Å². The van der Waals surface area contributed by atoms with Crippen LogP contribution in [0, 0.1) is 0 Å². The van der Waals surface area contributed by atoms with Crippen molar-refractivity contribution in [2.45, 2.75) is 136 Å². The van der Waals surface area contributed by atoms with Crippen molar-refractivity contribution < 1.29 is 14.6 Å². The summed E-state index contributed by atoms with van der Waals surface area (Å²) in [6.45, 7) is 26.5. The van der Waals surface area contributed by atoms with Crippen LogP contribution in [0.1, 0.15) is 148 Å². The number of esters is 1. The minimum absolute atomic E-state index is 0.0484. The largest absolute Gasteiger partial charge is 0.507 e. The fraction of sp³-hybridized carbons (Fsp3) is 0.618. The van der Waals surface area contributed by atoms with Crippen molar-refractivity contribution in [3.8, 4) is 11.5 Å². The molecule has 0 radical (unpaired) electrons. The summed E-state index contributed by atoms with van der Waals surface area (Å²) in [5.74, 6) is -0.0215. The van der Waals surface area contributed by atoms with Crippen molar-refractivity contribution in [3.63, 3.8) is 0 Å². The van der Waals surface area contributed by atoms with Crippen molar-refractivity contribution in [3.05, 3.63) is 57.6 Å². The number of benzene rings is 2. The van der Waals surface area contributed by atoms with Crippen molar-refractivity contribution >= 4 is 5.97 Å². The lowest BCUT2D eigenvalue weighted by atomic mass is 9.72. The van der Waals surface area contributed by atoms with Crippen LogP contribution in [-0.4, -0.2) is 11.1 Å². The van der Waals surface area contributed by atoms with Crippen molar-refractivity contribution in [1.82, 2.24) is 0 Å². The fourth-order valence-corrected chi connectivity index (χ4v) is 5.03. The number of hydrogen-bond acceptors (Lipinski definition) is 3. The van der Waals surface area contributed by atoms with Gasteiger partial charge in [-0.1, -0.05) is 107 Å². The van der Waals surface area contributed by atoms with E-state index in [0.717, 1.165) is 47.9 Å². The lowest BCUT2D eigenvalue weighted by Crippen LogP contribution is -2.23. The average Bonchev–Trinajstić information content (AvgIpc) is 3.18. The molecule has 3 rings (SSSR count). The molecule has 1 aliphatic heterocycles. The van der Waals surface area contributed by atoms with Crippen LogP contribution < -0.4 is 4.74 Å². The molecule has 1 aliphatic rings. The lowest BCUT2D eigenvalue weighted by molar-refractivity contribution is -0.133. The molecule has 0 saturated heterocycles. The number of carbonyl (C=O) groups excluding carboxylic acids is 1. The SMILES string of the molecule is CCC(C)(C)c1cc(C2C(=O)Oc3c2cc(C(C)(C)CC)cc3C(C)(C)CC)c(O)c(C(C)(C)CC)c1. The van der Waals surface area contributed by atoms with E-state index in [2.05, 4.69) is 107 Å². The van der Waals surface area contributed by atoms with E-state index in [9.17, 15) is 9.90 Å². The van der Waals surface area contributed by atoms with Crippen LogP contribution in [0.25, 0.3) is 0 Å². The fourth-order valence-electron chi connectivity index (χ4n) is 5.03. The summed E-state index contributed by atoms with van der Waals surface area (Å²) in [6.07, 6.45) is 3.75. The third-order valence-electron chi connectivity index (χ3n) is 9.87. The van der Waals surface area contributed by atoms with Gasteiger partial charge in [0.25, 0.3) is 0 Å². The smallest absolute Gasteiger partial charge is 0.323 e. The van der Waals surface area contributed by atoms with Crippen LogP contribution in [-0.2, 0) is 26.5 Å². The Hall–Kier alpha value is -2.29. The maximum absolute atomic E-state index is 13.7. The first-order valence-corrected chi connectivity index (χ1v) is 14.3. The van der Waals surface area contributed by atoms with Gasteiger partial charge in [0.1, 0.15) is 17.4 Å². The zero-order valence-corrected chi connectivity index (χ0v) is 25.5. The molecule has 0 aliphatic carbocycles. The number of rotatable bonds is 9. The van der Waals surface area contributed by atoms with Gasteiger partial charge in [0.2, 0.25) is 0 Å². The molecule has 1 N–H and O–H groups in total. The molecule has 3 heteroatoms. The van der Waals surface area contributed by atoms with Gasteiger partial charge in [-0.3, -0.25) is 4.79 Å². The minimum atomic E-state index is -0.645. The first-order valence-electron chi connectivity index (χ1n) is 14.3. The molecule has 1 unspecified atom stereocenters. The molecular formula is C34H50O3. The number of hydrogen-bond donors (Lipinski definition) is 1. The Morgan fingerprint density at radius 3 is 1.51 bits per heavy atom. The number of phenolic OH excluding ortho intramolecular Hbond substituents is 1. The Morgan fingerprint density at radius 1 is 0.649 bits per heavy atom. The van der Waals surface area contributed by atoms with Gasteiger partial charge in [0, 0.05) is 22.3 Å². The summed E-state index contributed by atoms with van der Waals surface area (Å²) in [6, 6.07) is 8.65. The first-order chi connectivity index (χ1) is 17.0. The first kappa shape index (κ1) is 29.3. The molecule has 2 aromatic carbocycles. The van der Waals surface area contributed by atoms with Crippen LogP contribution >= 0.6 is 0 Å². The summed E-state index contributed by atoms with van der Waals surface area (Å²) in [5, 5.41) is 11.8. The second kappa shape index (κ2) is 9.79. The van der Waals surface area contributed by atoms with Crippen molar-refractivity contribution in [2.24, 2.45) is 0 Å². The molecule has 0 fully saturated rings. The molecule has 204 valence electrons. The summed E-state index contributed by atoms with van der Waals surface area (Å²) >= 11 is 0. The molecular weight excluding hydrogens is 456 g/mol. The third-order valence-corrected chi connectivity index (χ3v) is 9.87. The van der Waals surface area contributed by atoms with Gasteiger partial charge in [-0.2, -0.15) is 0 Å². The van der Waals surface area contributed by atoms with Gasteiger partial charge in [-0.15, -0.1) is 0 Å². The van der Waals surface area contributed by atoms with E-state index in [1.165, 1.54) is 5.56 Å². The van der Waals surface area contributed by atoms with Crippen molar-refractivity contribution in [1.29, 1.82) is 0 Å². The number of ether oxygens (including phenoxy) is 1. The van der Waals surface area contributed by atoms with E-state index in [0.29, 0.717) is 11.3 Å². The van der Waals surface area contributed by atoms with Crippen LogP contribution in [0.2, 0.25) is 0 Å². The second-order valence-electron chi connectivity index (χ2n) is 13.7. The molecule has 1 heterocycles. The molecule has 0 saturated carbocycles. The number of phenols is 1. The summed E-state index contributed by atoms with van der Waals surface area (Å²) in [5.41, 5.74) is 5.40. The zero-order valence-electron chi connectivity index (χ0n) is 25.5. The third kappa shape index (κ3) is 5.08. The van der Waals surface area contributed by atoms with Crippen molar-refractivity contribution in [2.75, 3.05) is 0 Å². The van der Waals surface area contributed by atoms with Gasteiger partial charge in [0.15, 0.2) is 0 Å². The van der Waals surface area contributed by atoms with Gasteiger partial charge >= 0.3 is 5.97 Å². The van der Waals surface area contributed by atoms with Gasteiger partial charge in [-0.25, -0.2) is 0 Å². The molecule has 1 atom stereocenters. The summed E-state index contributed by atoms with van der Waals surface area (Å²) in [7, 11) is 0. The maximum atomic E-state index is 13.7. The van der Waals surface area contributed by atoms with Crippen LogP contribution in [0.4, 0.5) is 0 Å². The van der Waals surface area contributed by atoms with E-state index < -0.39 is 5.92 Å². The molecule has 0 bridgehead atoms. The maximum Gasteiger partial charge on any atom is 0.323 e. The highest BCUT2D eigenvalue weighted by atomic mass is 16.5. The predicted octanol–water partition coefficient (Wildman–Crippen LogP) is 9.19. The van der Waals surface area contributed by atoms with E-state index in [1.807, 2.05) is 0 Å². The lowest BCUT2D eigenvalue weighted by Gasteiger charge is -2.32. The number of carbonyl (C=O) groups is 1. The van der Waals surface area contributed by atoms with Crippen LogP contribution in [0.3, 0.4) is 0 Å². The normalized spacial score (nSPS) is 16.6. The Balaban J connectivity index is 2.42. The summed E-state index contributed by atoms with van der Waals surface area (Å²) in [4.78, 5) is 13.7. The molecule has 0 spiro atoms. The predicted molar refractivity (Wildman–Crippen MR) is 155 cm³/mol. The topological polar surface area (TPSA) is 46.5 Å². The molecule has 0 amide bonds. The number of aromatic hydroxyl groups is 1. The molecule has 37 heavy (non-hydrogen) atoms. The summed E-state index contributed by atoms with van der Waals surface area (Å²) < 4.78 is 6.10. The molecule has 2 aromatic rings. The van der Waals surface area contributed by atoms with Crippen LogP contribution in [0.5, 0.6) is 11.5 Å². The van der Waals surface area contributed by atoms with E-state index in [4.69, 9.17) is 4.74 Å². The number of fused-ring (bicyclic) bond motifs is 1. The highest BCUT2D eigenvalue weighted by Gasteiger charge is 2.43. The quantitative estimate of drug-likeness (QED) is 0.272. The second-order valence-corrected chi connectivity index (χ2v) is 13.7. The van der Waals surface area contributed by atoms with E-state index in [-0.39, 0.29) is 33.4 Å². The highest BCUT2D eigenvalue weighted by molar-refractivity contribution is 5.91. The Labute approximate surface area is 226 Å². The monoisotopic (exact) mass is 506 g/mol. The van der Waals surface area contributed by atoms with E-state index in [1.54, 1.807) is 0 Å². The zero-order chi connectivity index (χ0) is 28.1. The highest BCUT2D eigenvalue weighted by Crippen LogP contribution is 2.51. The Kier molecular flexibility index (Phi) is 7.74. The van der Waals surface area contributed by atoms with Gasteiger partial charge < -0.3 is 9.84 Å². The Morgan fingerprint density at radius 2 is 1.05 bits per heavy atom. The van der Waals surface area contributed by atoms with E-state index >= 15 is 0 Å². The standard InChI is InChI=1S/C34H50O3/c1-13-31(5,6)21-17-23(28(35)25(19-21)33(9,10)15-3)27-24-18-22(32(7,8)14-2)20-26(34(11,12)16-4)29(24)37-30(27)36/h17-20,27,35H,13-16H2,1-12H3. The van der Waals surface area contributed by atoms with Crippen LogP contribution in [0.15, 0.2) is 24.3 Å². The Bertz CT molecular complexity index is 1180. The minimum Gasteiger partial charge on any atom is -0.507 e. The average molecular weight is 507 g/mol. The van der Waals surface area contributed by atoms with Gasteiger partial charge in [0.05, 0.1) is 0 Å².